The molecule has 0 spiro atoms. The summed E-state index contributed by atoms with van der Waals surface area (Å²) >= 11 is 1.19. The summed E-state index contributed by atoms with van der Waals surface area (Å²) in [5.41, 5.74) is 1.12. The molecule has 0 bridgehead atoms. The lowest BCUT2D eigenvalue weighted by molar-refractivity contribution is 0.579. The predicted molar refractivity (Wildman–Crippen MR) is 58.7 cm³/mol. The molecule has 2 rings (SSSR count). The maximum Gasteiger partial charge on any atom is 0.280 e. The lowest BCUT2D eigenvalue weighted by Crippen LogP contribution is -2.16. The van der Waals surface area contributed by atoms with Crippen LogP contribution in [0.4, 0.5) is 5.69 Å². The van der Waals surface area contributed by atoms with Crippen LogP contribution in [0, 0.1) is 6.92 Å². The number of nitrogens with one attached hydrogen (secondary N) is 1. The normalized spacial score (nSPS) is 11.6. The molecule has 2 aromatic rings. The zero-order valence-electron chi connectivity index (χ0n) is 8.58. The van der Waals surface area contributed by atoms with Crippen molar-refractivity contribution in [2.45, 2.75) is 11.9 Å². The van der Waals surface area contributed by atoms with E-state index >= 15 is 0 Å². The van der Waals surface area contributed by atoms with E-state index in [-0.39, 0.29) is 5.03 Å². The van der Waals surface area contributed by atoms with Gasteiger partial charge in [0.1, 0.15) is 0 Å². The van der Waals surface area contributed by atoms with Gasteiger partial charge in [0.2, 0.25) is 0 Å². The van der Waals surface area contributed by atoms with Crippen molar-refractivity contribution in [3.8, 4) is 0 Å². The first-order valence-electron chi connectivity index (χ1n) is 4.29. The van der Waals surface area contributed by atoms with Crippen molar-refractivity contribution in [3.63, 3.8) is 0 Å². The Morgan fingerprint density at radius 2 is 2.25 bits per heavy atom. The lowest BCUT2D eigenvalue weighted by atomic mass is 10.4. The molecule has 0 fully saturated rings. The highest BCUT2D eigenvalue weighted by Crippen LogP contribution is 2.19. The number of anilines is 1. The first-order chi connectivity index (χ1) is 7.50. The van der Waals surface area contributed by atoms with Gasteiger partial charge in [-0.15, -0.1) is 5.10 Å². The Morgan fingerprint density at radius 1 is 1.50 bits per heavy atom. The molecule has 9 heteroatoms. The number of hydrogen-bond acceptors (Lipinski definition) is 6. The summed E-state index contributed by atoms with van der Waals surface area (Å²) < 4.78 is 31.4. The molecule has 0 aliphatic rings. The van der Waals surface area contributed by atoms with Gasteiger partial charge in [-0.3, -0.25) is 4.72 Å². The molecule has 2 heterocycles. The van der Waals surface area contributed by atoms with Gasteiger partial charge in [0, 0.05) is 12.4 Å². The molecule has 86 valence electrons. The molecule has 7 nitrogen and oxygen atoms in total. The maximum atomic E-state index is 11.9. The van der Waals surface area contributed by atoms with Crippen molar-refractivity contribution in [2.24, 2.45) is 7.05 Å². The minimum atomic E-state index is -3.64. The molecule has 0 unspecified atom stereocenters. The van der Waals surface area contributed by atoms with E-state index in [0.29, 0.717) is 11.4 Å². The van der Waals surface area contributed by atoms with E-state index in [0.717, 1.165) is 0 Å². The standard InChI is InChI=1S/C7H9N5O2S2/c1-5-6(4-15-9-5)10-16(13,14)7-3-8-11-12(7)2/h3-4,10H,1-2H3. The summed E-state index contributed by atoms with van der Waals surface area (Å²) in [7, 11) is -2.12. The highest BCUT2D eigenvalue weighted by Gasteiger charge is 2.20. The first kappa shape index (κ1) is 11.0. The number of nitrogens with zero attached hydrogens (tertiary/aromatic N) is 4. The summed E-state index contributed by atoms with van der Waals surface area (Å²) in [6.45, 7) is 1.73. The molecule has 0 saturated carbocycles. The van der Waals surface area contributed by atoms with Crippen molar-refractivity contribution < 1.29 is 8.42 Å². The van der Waals surface area contributed by atoms with E-state index in [2.05, 4.69) is 19.4 Å². The van der Waals surface area contributed by atoms with Crippen LogP contribution < -0.4 is 4.72 Å². The minimum absolute atomic E-state index is 0.0121. The molecule has 0 radical (unpaired) electrons. The molecule has 0 saturated heterocycles. The molecule has 0 aliphatic carbocycles. The zero-order valence-corrected chi connectivity index (χ0v) is 10.2. The summed E-state index contributed by atoms with van der Waals surface area (Å²) in [5, 5.41) is 8.74. The summed E-state index contributed by atoms with van der Waals surface area (Å²) in [4.78, 5) is 0. The van der Waals surface area contributed by atoms with Crippen molar-refractivity contribution >= 4 is 27.2 Å². The van der Waals surface area contributed by atoms with Crippen LogP contribution in [0.15, 0.2) is 16.6 Å². The fraction of sp³-hybridized carbons (Fsp3) is 0.286. The van der Waals surface area contributed by atoms with E-state index in [4.69, 9.17) is 0 Å². The molecule has 2 aromatic heterocycles. The number of aromatic nitrogens is 4. The van der Waals surface area contributed by atoms with Gasteiger partial charge < -0.3 is 0 Å². The van der Waals surface area contributed by atoms with Gasteiger partial charge in [-0.05, 0) is 18.5 Å². The number of hydrogen-bond donors (Lipinski definition) is 1. The zero-order chi connectivity index (χ0) is 11.8. The third-order valence-electron chi connectivity index (χ3n) is 1.94. The molecule has 0 amide bonds. The van der Waals surface area contributed by atoms with Crippen LogP contribution in [0.1, 0.15) is 5.69 Å². The van der Waals surface area contributed by atoms with E-state index < -0.39 is 10.0 Å². The number of aryl methyl sites for hydroxylation is 2. The van der Waals surface area contributed by atoms with Gasteiger partial charge in [-0.2, -0.15) is 12.8 Å². The van der Waals surface area contributed by atoms with Gasteiger partial charge in [-0.1, -0.05) is 5.21 Å². The third kappa shape index (κ3) is 1.91. The summed E-state index contributed by atoms with van der Waals surface area (Å²) in [6.07, 6.45) is 1.19. The number of rotatable bonds is 3. The van der Waals surface area contributed by atoms with Crippen LogP contribution in [0.5, 0.6) is 0 Å². The quantitative estimate of drug-likeness (QED) is 0.860. The van der Waals surface area contributed by atoms with Crippen molar-refractivity contribution in [3.05, 3.63) is 17.3 Å². The Morgan fingerprint density at radius 3 is 2.75 bits per heavy atom. The Hall–Kier alpha value is -1.48. The maximum absolute atomic E-state index is 11.9. The van der Waals surface area contributed by atoms with Gasteiger partial charge in [-0.25, -0.2) is 4.68 Å². The largest absolute Gasteiger partial charge is 0.280 e. The monoisotopic (exact) mass is 259 g/mol. The second-order valence-electron chi connectivity index (χ2n) is 3.11. The highest BCUT2D eigenvalue weighted by molar-refractivity contribution is 7.92. The minimum Gasteiger partial charge on any atom is -0.276 e. The summed E-state index contributed by atoms with van der Waals surface area (Å²) in [5.74, 6) is 0. The van der Waals surface area contributed by atoms with Crippen LogP contribution >= 0.6 is 11.5 Å². The topological polar surface area (TPSA) is 89.8 Å². The SMILES string of the molecule is Cc1nscc1NS(=O)(=O)c1cnnn1C. The lowest BCUT2D eigenvalue weighted by Gasteiger charge is -2.05. The van der Waals surface area contributed by atoms with Crippen LogP contribution in [0.25, 0.3) is 0 Å². The molecule has 1 N–H and O–H groups in total. The average Bonchev–Trinajstić information content (AvgIpc) is 2.76. The molecule has 0 aliphatic heterocycles. The second-order valence-corrected chi connectivity index (χ2v) is 5.37. The Labute approximate surface area is 96.3 Å². The molecule has 0 aromatic carbocycles. The second kappa shape index (κ2) is 3.83. The first-order valence-corrected chi connectivity index (χ1v) is 6.61. The Bertz CT molecular complexity index is 600. The molecular weight excluding hydrogens is 250 g/mol. The highest BCUT2D eigenvalue weighted by atomic mass is 32.2. The smallest absolute Gasteiger partial charge is 0.276 e. The molecule has 16 heavy (non-hydrogen) atoms. The van der Waals surface area contributed by atoms with E-state index in [9.17, 15) is 8.42 Å². The summed E-state index contributed by atoms with van der Waals surface area (Å²) in [6, 6.07) is 0. The third-order valence-corrected chi connectivity index (χ3v) is 4.07. The van der Waals surface area contributed by atoms with Crippen LogP contribution in [0.2, 0.25) is 0 Å². The van der Waals surface area contributed by atoms with Crippen molar-refractivity contribution in [1.82, 2.24) is 19.4 Å². The van der Waals surface area contributed by atoms with Crippen molar-refractivity contribution in [2.75, 3.05) is 4.72 Å². The van der Waals surface area contributed by atoms with Gasteiger partial charge in [0.05, 0.1) is 17.6 Å². The van der Waals surface area contributed by atoms with Crippen LogP contribution in [0.3, 0.4) is 0 Å². The fourth-order valence-corrected chi connectivity index (χ4v) is 3.00. The van der Waals surface area contributed by atoms with Crippen molar-refractivity contribution in [1.29, 1.82) is 0 Å². The van der Waals surface area contributed by atoms with Gasteiger partial charge in [0.25, 0.3) is 10.0 Å². The van der Waals surface area contributed by atoms with E-state index in [1.165, 1.54) is 29.5 Å². The van der Waals surface area contributed by atoms with Crippen LogP contribution in [-0.4, -0.2) is 27.8 Å². The van der Waals surface area contributed by atoms with Gasteiger partial charge in [0.15, 0.2) is 5.03 Å². The Kier molecular flexibility index (Phi) is 2.64. The molecule has 0 atom stereocenters. The van der Waals surface area contributed by atoms with Crippen LogP contribution in [-0.2, 0) is 17.1 Å². The fourth-order valence-electron chi connectivity index (χ4n) is 1.11. The van der Waals surface area contributed by atoms with E-state index in [1.807, 2.05) is 0 Å². The van der Waals surface area contributed by atoms with Gasteiger partial charge >= 0.3 is 0 Å². The average molecular weight is 259 g/mol. The molecular formula is C7H9N5O2S2. The Balaban J connectivity index is 2.36. The number of sulfonamides is 1. The van der Waals surface area contributed by atoms with E-state index in [1.54, 1.807) is 12.3 Å². The predicted octanol–water partition coefficient (Wildman–Crippen LogP) is 0.381.